The van der Waals surface area contributed by atoms with Crippen molar-refractivity contribution in [3.8, 4) is 0 Å². The van der Waals surface area contributed by atoms with E-state index in [-0.39, 0.29) is 6.03 Å². The fraction of sp³-hybridized carbons (Fsp3) is 0.0909. The summed E-state index contributed by atoms with van der Waals surface area (Å²) in [4.78, 5) is 20.1. The number of benzene rings is 3. The normalized spacial score (nSPS) is 10.8. The SMILES string of the molecule is O=C(Nc1ccc(Br)cc1)Nc1ccc(CCc2nc3ccccc3[nH]2)cc1. The molecule has 0 unspecified atom stereocenters. The number of nitrogens with zero attached hydrogens (tertiary/aromatic N) is 1. The fourth-order valence-corrected chi connectivity index (χ4v) is 3.23. The van der Waals surface area contributed by atoms with Gasteiger partial charge in [-0.15, -0.1) is 0 Å². The highest BCUT2D eigenvalue weighted by atomic mass is 79.9. The molecule has 0 bridgehead atoms. The molecule has 4 aromatic rings. The van der Waals surface area contributed by atoms with E-state index in [4.69, 9.17) is 0 Å². The zero-order valence-corrected chi connectivity index (χ0v) is 16.7. The number of para-hydroxylation sites is 2. The number of aromatic amines is 1. The molecular weight excluding hydrogens is 416 g/mol. The van der Waals surface area contributed by atoms with Crippen molar-refractivity contribution in [3.63, 3.8) is 0 Å². The van der Waals surface area contributed by atoms with E-state index in [1.165, 1.54) is 5.56 Å². The minimum Gasteiger partial charge on any atom is -0.342 e. The van der Waals surface area contributed by atoms with Gasteiger partial charge in [-0.25, -0.2) is 9.78 Å². The molecule has 0 atom stereocenters. The summed E-state index contributed by atoms with van der Waals surface area (Å²) < 4.78 is 0.969. The highest BCUT2D eigenvalue weighted by Crippen LogP contribution is 2.16. The zero-order chi connectivity index (χ0) is 19.3. The monoisotopic (exact) mass is 434 g/mol. The Kier molecular flexibility index (Phi) is 5.39. The molecule has 0 aliphatic carbocycles. The van der Waals surface area contributed by atoms with Crippen LogP contribution in [-0.4, -0.2) is 16.0 Å². The Balaban J connectivity index is 1.31. The molecule has 1 aromatic heterocycles. The third-order valence-corrected chi connectivity index (χ3v) is 4.93. The van der Waals surface area contributed by atoms with Gasteiger partial charge in [0.25, 0.3) is 0 Å². The van der Waals surface area contributed by atoms with Crippen molar-refractivity contribution < 1.29 is 4.79 Å². The van der Waals surface area contributed by atoms with Crippen molar-refractivity contribution >= 4 is 44.4 Å². The van der Waals surface area contributed by atoms with Gasteiger partial charge >= 0.3 is 6.03 Å². The average molecular weight is 435 g/mol. The topological polar surface area (TPSA) is 69.8 Å². The number of amides is 2. The Morgan fingerprint density at radius 1 is 0.857 bits per heavy atom. The molecule has 3 aromatic carbocycles. The van der Waals surface area contributed by atoms with Gasteiger partial charge < -0.3 is 15.6 Å². The minimum atomic E-state index is -0.266. The number of carbonyl (C=O) groups excluding carboxylic acids is 1. The molecule has 6 heteroatoms. The highest BCUT2D eigenvalue weighted by Gasteiger charge is 2.05. The average Bonchev–Trinajstić information content (AvgIpc) is 3.12. The minimum absolute atomic E-state index is 0.266. The van der Waals surface area contributed by atoms with E-state index in [1.54, 1.807) is 0 Å². The lowest BCUT2D eigenvalue weighted by molar-refractivity contribution is 0.262. The second-order valence-corrected chi connectivity index (χ2v) is 7.40. The van der Waals surface area contributed by atoms with Gasteiger partial charge in [0.15, 0.2) is 0 Å². The largest absolute Gasteiger partial charge is 0.342 e. The van der Waals surface area contributed by atoms with Crippen molar-refractivity contribution in [2.75, 3.05) is 10.6 Å². The van der Waals surface area contributed by atoms with Gasteiger partial charge in [0, 0.05) is 22.3 Å². The van der Waals surface area contributed by atoms with Gasteiger partial charge in [-0.05, 0) is 60.5 Å². The molecule has 28 heavy (non-hydrogen) atoms. The summed E-state index contributed by atoms with van der Waals surface area (Å²) in [7, 11) is 0. The van der Waals surface area contributed by atoms with E-state index < -0.39 is 0 Å². The first-order chi connectivity index (χ1) is 13.7. The molecule has 1 heterocycles. The van der Waals surface area contributed by atoms with Gasteiger partial charge in [0.2, 0.25) is 0 Å². The number of urea groups is 1. The van der Waals surface area contributed by atoms with Crippen LogP contribution in [0.4, 0.5) is 16.2 Å². The molecule has 2 amide bonds. The third-order valence-electron chi connectivity index (χ3n) is 4.40. The Morgan fingerprint density at radius 2 is 1.50 bits per heavy atom. The second kappa shape index (κ2) is 8.27. The van der Waals surface area contributed by atoms with Crippen LogP contribution in [0.5, 0.6) is 0 Å². The quantitative estimate of drug-likeness (QED) is 0.373. The predicted octanol–water partition coefficient (Wildman–Crippen LogP) is 5.75. The number of fused-ring (bicyclic) bond motifs is 1. The summed E-state index contributed by atoms with van der Waals surface area (Å²) in [6.45, 7) is 0. The van der Waals surface area contributed by atoms with Crippen molar-refractivity contribution in [2.45, 2.75) is 12.8 Å². The molecule has 0 aliphatic rings. The van der Waals surface area contributed by atoms with Crippen LogP contribution in [0, 0.1) is 0 Å². The maximum absolute atomic E-state index is 12.1. The molecule has 5 nitrogen and oxygen atoms in total. The number of hydrogen-bond acceptors (Lipinski definition) is 2. The zero-order valence-electron chi connectivity index (χ0n) is 15.1. The van der Waals surface area contributed by atoms with Crippen LogP contribution < -0.4 is 10.6 Å². The molecule has 0 saturated heterocycles. The first-order valence-corrected chi connectivity index (χ1v) is 9.81. The van der Waals surface area contributed by atoms with E-state index in [0.29, 0.717) is 0 Å². The molecule has 0 fully saturated rings. The lowest BCUT2D eigenvalue weighted by Gasteiger charge is -2.08. The number of aryl methyl sites for hydroxylation is 2. The number of halogens is 1. The summed E-state index contributed by atoms with van der Waals surface area (Å²) in [5, 5.41) is 5.65. The van der Waals surface area contributed by atoms with Crippen molar-refractivity contribution in [2.24, 2.45) is 0 Å². The maximum Gasteiger partial charge on any atom is 0.323 e. The first kappa shape index (κ1) is 18.3. The van der Waals surface area contributed by atoms with Crippen LogP contribution in [0.2, 0.25) is 0 Å². The summed E-state index contributed by atoms with van der Waals surface area (Å²) in [6.07, 6.45) is 1.72. The van der Waals surface area contributed by atoms with E-state index in [2.05, 4.69) is 36.5 Å². The number of anilines is 2. The summed E-state index contributed by atoms with van der Waals surface area (Å²) >= 11 is 3.37. The van der Waals surface area contributed by atoms with E-state index >= 15 is 0 Å². The van der Waals surface area contributed by atoms with E-state index in [9.17, 15) is 4.79 Å². The van der Waals surface area contributed by atoms with Crippen LogP contribution in [-0.2, 0) is 12.8 Å². The van der Waals surface area contributed by atoms with E-state index in [1.807, 2.05) is 72.8 Å². The molecular formula is C22H19BrN4O. The van der Waals surface area contributed by atoms with Gasteiger partial charge in [-0.1, -0.05) is 40.2 Å². The Morgan fingerprint density at radius 3 is 2.18 bits per heavy atom. The van der Waals surface area contributed by atoms with Gasteiger partial charge in [0.05, 0.1) is 11.0 Å². The van der Waals surface area contributed by atoms with Crippen LogP contribution in [0.25, 0.3) is 11.0 Å². The number of imidazole rings is 1. The van der Waals surface area contributed by atoms with Crippen molar-refractivity contribution in [3.05, 3.63) is 88.7 Å². The van der Waals surface area contributed by atoms with Crippen LogP contribution in [0.3, 0.4) is 0 Å². The maximum atomic E-state index is 12.1. The highest BCUT2D eigenvalue weighted by molar-refractivity contribution is 9.10. The molecule has 0 radical (unpaired) electrons. The van der Waals surface area contributed by atoms with E-state index in [0.717, 1.165) is 45.5 Å². The number of H-pyrrole nitrogens is 1. The lowest BCUT2D eigenvalue weighted by Crippen LogP contribution is -2.19. The Labute approximate surface area is 171 Å². The fourth-order valence-electron chi connectivity index (χ4n) is 2.97. The molecule has 140 valence electrons. The van der Waals surface area contributed by atoms with Crippen LogP contribution in [0.15, 0.2) is 77.3 Å². The van der Waals surface area contributed by atoms with Crippen molar-refractivity contribution in [1.29, 1.82) is 0 Å². The molecule has 4 rings (SSSR count). The smallest absolute Gasteiger partial charge is 0.323 e. The number of aromatic nitrogens is 2. The summed E-state index contributed by atoms with van der Waals surface area (Å²) in [6, 6.07) is 23.1. The molecule has 0 spiro atoms. The Bertz CT molecular complexity index is 1050. The van der Waals surface area contributed by atoms with Gasteiger partial charge in [0.1, 0.15) is 5.82 Å². The van der Waals surface area contributed by atoms with Gasteiger partial charge in [-0.3, -0.25) is 0 Å². The van der Waals surface area contributed by atoms with Gasteiger partial charge in [-0.2, -0.15) is 0 Å². The molecule has 0 aliphatic heterocycles. The third kappa shape index (κ3) is 4.58. The predicted molar refractivity (Wildman–Crippen MR) is 117 cm³/mol. The second-order valence-electron chi connectivity index (χ2n) is 6.48. The van der Waals surface area contributed by atoms with Crippen LogP contribution in [0.1, 0.15) is 11.4 Å². The standard InChI is InChI=1S/C22H19BrN4O/c23-16-8-12-18(13-9-16)25-22(28)24-17-10-5-15(6-11-17)7-14-21-26-19-3-1-2-4-20(19)27-21/h1-6,8-13H,7,14H2,(H,26,27)(H2,24,25,28). The molecule has 0 saturated carbocycles. The van der Waals surface area contributed by atoms with Crippen LogP contribution >= 0.6 is 15.9 Å². The number of nitrogens with one attached hydrogen (secondary N) is 3. The summed E-state index contributed by atoms with van der Waals surface area (Å²) in [5.41, 5.74) is 4.74. The Hall–Kier alpha value is -3.12. The number of rotatable bonds is 5. The molecule has 3 N–H and O–H groups in total. The number of carbonyl (C=O) groups is 1. The van der Waals surface area contributed by atoms with Crippen molar-refractivity contribution in [1.82, 2.24) is 9.97 Å². The number of hydrogen-bond donors (Lipinski definition) is 3. The summed E-state index contributed by atoms with van der Waals surface area (Å²) in [5.74, 6) is 0.984. The first-order valence-electron chi connectivity index (χ1n) is 9.02. The lowest BCUT2D eigenvalue weighted by atomic mass is 10.1.